The van der Waals surface area contributed by atoms with Gasteiger partial charge >= 0.3 is 0 Å². The molecule has 0 saturated heterocycles. The lowest BCUT2D eigenvalue weighted by molar-refractivity contribution is 0.301. The van der Waals surface area contributed by atoms with Crippen LogP contribution in [0.4, 0.5) is 0 Å². The lowest BCUT2D eigenvalue weighted by Crippen LogP contribution is -1.98. The second-order valence-electron chi connectivity index (χ2n) is 3.24. The number of aromatic nitrogens is 2. The minimum Gasteiger partial charge on any atom is -0.487 e. The molecule has 0 aromatic carbocycles. The largest absolute Gasteiger partial charge is 0.487 e. The highest BCUT2D eigenvalue weighted by Crippen LogP contribution is 2.09. The number of nitrogens with zero attached hydrogens (tertiary/aromatic N) is 2. The topological polar surface area (TPSA) is 35.0 Å². The molecule has 0 aliphatic carbocycles. The van der Waals surface area contributed by atoms with Crippen LogP contribution in [0.2, 0.25) is 0 Å². The van der Waals surface area contributed by atoms with Crippen LogP contribution >= 0.6 is 0 Å². The zero-order valence-electron chi connectivity index (χ0n) is 8.55. The summed E-state index contributed by atoms with van der Waals surface area (Å²) in [4.78, 5) is 8.27. The molecule has 0 amide bonds. The highest BCUT2D eigenvalue weighted by Gasteiger charge is 1.96. The zero-order chi connectivity index (χ0) is 10.5. The summed E-state index contributed by atoms with van der Waals surface area (Å²) < 4.78 is 5.54. The van der Waals surface area contributed by atoms with Gasteiger partial charge in [0.2, 0.25) is 0 Å². The number of hydrogen-bond donors (Lipinski definition) is 0. The van der Waals surface area contributed by atoms with Gasteiger partial charge in [-0.3, -0.25) is 9.97 Å². The third kappa shape index (κ3) is 2.77. The van der Waals surface area contributed by atoms with Crippen LogP contribution in [0.15, 0.2) is 42.7 Å². The van der Waals surface area contributed by atoms with Crippen LogP contribution in [0.3, 0.4) is 0 Å². The van der Waals surface area contributed by atoms with Gasteiger partial charge in [-0.05, 0) is 31.2 Å². The molecule has 0 radical (unpaired) electrons. The molecule has 76 valence electrons. The minimum absolute atomic E-state index is 0.492. The van der Waals surface area contributed by atoms with Crippen molar-refractivity contribution in [3.05, 3.63) is 54.1 Å². The molecular weight excluding hydrogens is 188 g/mol. The van der Waals surface area contributed by atoms with Crippen molar-refractivity contribution in [2.24, 2.45) is 0 Å². The molecule has 15 heavy (non-hydrogen) atoms. The van der Waals surface area contributed by atoms with Gasteiger partial charge in [0, 0.05) is 18.1 Å². The summed E-state index contributed by atoms with van der Waals surface area (Å²) in [5.41, 5.74) is 1.94. The summed E-state index contributed by atoms with van der Waals surface area (Å²) in [6, 6.07) is 9.56. The Morgan fingerprint density at radius 1 is 1.13 bits per heavy atom. The number of rotatable bonds is 3. The van der Waals surface area contributed by atoms with Crippen LogP contribution in [0.5, 0.6) is 5.75 Å². The molecule has 3 nitrogen and oxygen atoms in total. The van der Waals surface area contributed by atoms with Crippen LogP contribution in [-0.4, -0.2) is 9.97 Å². The Labute approximate surface area is 88.8 Å². The molecule has 0 atom stereocenters. The smallest absolute Gasteiger partial charge is 0.130 e. The summed E-state index contributed by atoms with van der Waals surface area (Å²) >= 11 is 0. The Kier molecular flexibility index (Phi) is 2.93. The molecule has 0 aliphatic heterocycles. The van der Waals surface area contributed by atoms with Crippen molar-refractivity contribution in [1.29, 1.82) is 0 Å². The third-order valence-corrected chi connectivity index (χ3v) is 1.98. The van der Waals surface area contributed by atoms with E-state index in [2.05, 4.69) is 9.97 Å². The highest BCUT2D eigenvalue weighted by atomic mass is 16.5. The monoisotopic (exact) mass is 200 g/mol. The fourth-order valence-electron chi connectivity index (χ4n) is 1.27. The first-order valence-electron chi connectivity index (χ1n) is 4.80. The maximum absolute atomic E-state index is 5.54. The Morgan fingerprint density at radius 2 is 1.93 bits per heavy atom. The number of ether oxygens (including phenoxy) is 1. The van der Waals surface area contributed by atoms with E-state index < -0.39 is 0 Å². The van der Waals surface area contributed by atoms with Crippen LogP contribution in [0.1, 0.15) is 11.4 Å². The van der Waals surface area contributed by atoms with E-state index in [0.717, 1.165) is 17.1 Å². The highest BCUT2D eigenvalue weighted by molar-refractivity contribution is 5.17. The van der Waals surface area contributed by atoms with E-state index in [1.165, 1.54) is 0 Å². The van der Waals surface area contributed by atoms with Gasteiger partial charge in [-0.25, -0.2) is 0 Å². The van der Waals surface area contributed by atoms with Crippen LogP contribution < -0.4 is 4.74 Å². The summed E-state index contributed by atoms with van der Waals surface area (Å²) in [6.07, 6.45) is 3.41. The van der Waals surface area contributed by atoms with Gasteiger partial charge in [0.1, 0.15) is 12.4 Å². The fourth-order valence-corrected chi connectivity index (χ4v) is 1.27. The van der Waals surface area contributed by atoms with Gasteiger partial charge in [0.25, 0.3) is 0 Å². The van der Waals surface area contributed by atoms with Gasteiger partial charge in [0.05, 0.1) is 5.69 Å². The molecule has 0 saturated carbocycles. The van der Waals surface area contributed by atoms with Crippen molar-refractivity contribution < 1.29 is 4.74 Å². The lowest BCUT2D eigenvalue weighted by Gasteiger charge is -2.05. The predicted molar refractivity (Wildman–Crippen MR) is 57.5 cm³/mol. The zero-order valence-corrected chi connectivity index (χ0v) is 8.55. The minimum atomic E-state index is 0.492. The van der Waals surface area contributed by atoms with Crippen molar-refractivity contribution in [2.45, 2.75) is 13.5 Å². The van der Waals surface area contributed by atoms with Gasteiger partial charge in [-0.1, -0.05) is 6.07 Å². The molecule has 2 aromatic rings. The lowest BCUT2D eigenvalue weighted by atomic mass is 10.3. The molecule has 0 fully saturated rings. The summed E-state index contributed by atoms with van der Waals surface area (Å²) in [5.74, 6) is 0.813. The van der Waals surface area contributed by atoms with E-state index in [4.69, 9.17) is 4.74 Å². The second-order valence-corrected chi connectivity index (χ2v) is 3.24. The number of pyridine rings is 2. The number of hydrogen-bond acceptors (Lipinski definition) is 3. The molecule has 0 bridgehead atoms. The Balaban J connectivity index is 1.99. The van der Waals surface area contributed by atoms with E-state index in [-0.39, 0.29) is 0 Å². The average Bonchev–Trinajstić information content (AvgIpc) is 2.28. The first kappa shape index (κ1) is 9.65. The number of aryl methyl sites for hydroxylation is 1. The van der Waals surface area contributed by atoms with Gasteiger partial charge in [-0.15, -0.1) is 0 Å². The van der Waals surface area contributed by atoms with E-state index in [1.807, 2.05) is 37.3 Å². The SMILES string of the molecule is Cc1cccc(COc2ccncc2)n1. The molecule has 0 spiro atoms. The molecular formula is C12H12N2O. The second kappa shape index (κ2) is 4.55. The first-order valence-corrected chi connectivity index (χ1v) is 4.80. The third-order valence-electron chi connectivity index (χ3n) is 1.98. The maximum Gasteiger partial charge on any atom is 0.130 e. The average molecular weight is 200 g/mol. The van der Waals surface area contributed by atoms with E-state index in [9.17, 15) is 0 Å². The van der Waals surface area contributed by atoms with Gasteiger partial charge < -0.3 is 4.74 Å². The molecule has 0 N–H and O–H groups in total. The first-order chi connectivity index (χ1) is 7.34. The molecule has 3 heteroatoms. The van der Waals surface area contributed by atoms with Crippen LogP contribution in [-0.2, 0) is 6.61 Å². The van der Waals surface area contributed by atoms with Crippen molar-refractivity contribution in [2.75, 3.05) is 0 Å². The normalized spacial score (nSPS) is 9.93. The molecule has 2 rings (SSSR count). The van der Waals surface area contributed by atoms with Crippen molar-refractivity contribution in [1.82, 2.24) is 9.97 Å². The molecule has 0 aliphatic rings. The Morgan fingerprint density at radius 3 is 2.67 bits per heavy atom. The van der Waals surface area contributed by atoms with Crippen molar-refractivity contribution in [3.63, 3.8) is 0 Å². The van der Waals surface area contributed by atoms with Gasteiger partial charge in [-0.2, -0.15) is 0 Å². The van der Waals surface area contributed by atoms with Crippen LogP contribution in [0.25, 0.3) is 0 Å². The van der Waals surface area contributed by atoms with Crippen molar-refractivity contribution in [3.8, 4) is 5.75 Å². The van der Waals surface area contributed by atoms with E-state index >= 15 is 0 Å². The van der Waals surface area contributed by atoms with E-state index in [1.54, 1.807) is 12.4 Å². The molecule has 2 heterocycles. The summed E-state index contributed by atoms with van der Waals surface area (Å²) in [5, 5.41) is 0. The Bertz CT molecular complexity index is 429. The van der Waals surface area contributed by atoms with Crippen LogP contribution in [0, 0.1) is 6.92 Å². The van der Waals surface area contributed by atoms with Gasteiger partial charge in [0.15, 0.2) is 0 Å². The van der Waals surface area contributed by atoms with E-state index in [0.29, 0.717) is 6.61 Å². The molecule has 0 unspecified atom stereocenters. The van der Waals surface area contributed by atoms with Crippen molar-refractivity contribution >= 4 is 0 Å². The maximum atomic E-state index is 5.54. The quantitative estimate of drug-likeness (QED) is 0.762. The summed E-state index contributed by atoms with van der Waals surface area (Å²) in [7, 11) is 0. The predicted octanol–water partition coefficient (Wildman–Crippen LogP) is 2.36. The molecule has 2 aromatic heterocycles. The Hall–Kier alpha value is -1.90. The standard InChI is InChI=1S/C12H12N2O/c1-10-3-2-4-11(14-10)9-15-12-5-7-13-8-6-12/h2-8H,9H2,1H3. The fraction of sp³-hybridized carbons (Fsp3) is 0.167. The summed E-state index contributed by atoms with van der Waals surface area (Å²) in [6.45, 7) is 2.46.